The first-order valence-electron chi connectivity index (χ1n) is 8.64. The van der Waals surface area contributed by atoms with E-state index in [2.05, 4.69) is 18.7 Å². The third-order valence-corrected chi connectivity index (χ3v) is 4.26. The number of amides is 2. The molecule has 2 aliphatic heterocycles. The minimum Gasteiger partial charge on any atom is -0.478 e. The molecule has 0 aromatic rings. The normalized spacial score (nSPS) is 18.2. The van der Waals surface area contributed by atoms with Crippen LogP contribution in [-0.4, -0.2) is 94.0 Å². The van der Waals surface area contributed by atoms with E-state index in [0.717, 1.165) is 39.1 Å². The number of piperazine rings is 1. The molecule has 146 valence electrons. The molecule has 0 saturated carbocycles. The quantitative estimate of drug-likeness (QED) is 0.648. The fraction of sp³-hybridized carbons (Fsp3) is 0.647. The Hall–Kier alpha value is -2.42. The van der Waals surface area contributed by atoms with Gasteiger partial charge in [-0.25, -0.2) is 9.59 Å². The van der Waals surface area contributed by atoms with Crippen LogP contribution >= 0.6 is 0 Å². The second-order valence-electron chi connectivity index (χ2n) is 6.44. The van der Waals surface area contributed by atoms with Crippen molar-refractivity contribution in [1.82, 2.24) is 14.7 Å². The van der Waals surface area contributed by atoms with Gasteiger partial charge in [0, 0.05) is 57.3 Å². The lowest BCUT2D eigenvalue weighted by molar-refractivity contribution is -0.139. The molecule has 0 unspecified atom stereocenters. The molecule has 2 heterocycles. The molecule has 0 radical (unpaired) electrons. The number of hydrogen-bond donors (Lipinski definition) is 2. The Morgan fingerprint density at radius 3 is 1.92 bits per heavy atom. The minimum atomic E-state index is -1.26. The van der Waals surface area contributed by atoms with E-state index < -0.39 is 11.9 Å². The van der Waals surface area contributed by atoms with Crippen molar-refractivity contribution in [1.29, 1.82) is 0 Å². The molecule has 2 rings (SSSR count). The molecule has 2 aliphatic rings. The smallest absolute Gasteiger partial charge is 0.328 e. The molecule has 2 N–H and O–H groups in total. The lowest BCUT2D eigenvalue weighted by atomic mass is 10.2. The Morgan fingerprint density at radius 1 is 1.00 bits per heavy atom. The molecule has 0 aromatic carbocycles. The predicted molar refractivity (Wildman–Crippen MR) is 93.5 cm³/mol. The molecule has 2 amide bonds. The Bertz CT molecular complexity index is 537. The fourth-order valence-electron chi connectivity index (χ4n) is 2.76. The Kier molecular flexibility index (Phi) is 8.77. The zero-order valence-corrected chi connectivity index (χ0v) is 15.3. The topological polar surface area (TPSA) is 118 Å². The van der Waals surface area contributed by atoms with Gasteiger partial charge in [0.15, 0.2) is 0 Å². The largest absolute Gasteiger partial charge is 0.478 e. The maximum absolute atomic E-state index is 12.1. The van der Waals surface area contributed by atoms with Gasteiger partial charge in [0.1, 0.15) is 0 Å². The lowest BCUT2D eigenvalue weighted by Crippen LogP contribution is -2.52. The molecule has 2 saturated heterocycles. The van der Waals surface area contributed by atoms with Crippen LogP contribution in [0.5, 0.6) is 0 Å². The molecular weight excluding hydrogens is 342 g/mol. The van der Waals surface area contributed by atoms with E-state index in [4.69, 9.17) is 10.2 Å². The summed E-state index contributed by atoms with van der Waals surface area (Å²) in [7, 11) is 0. The lowest BCUT2D eigenvalue weighted by Gasteiger charge is -2.37. The van der Waals surface area contributed by atoms with Crippen molar-refractivity contribution in [2.45, 2.75) is 32.7 Å². The minimum absolute atomic E-state index is 0.105. The summed E-state index contributed by atoms with van der Waals surface area (Å²) in [5.41, 5.74) is 0. The molecular formula is C17H27N3O6. The first kappa shape index (κ1) is 21.6. The number of hydrogen-bond acceptors (Lipinski definition) is 5. The van der Waals surface area contributed by atoms with Gasteiger partial charge in [0.05, 0.1) is 6.54 Å². The average molecular weight is 369 g/mol. The summed E-state index contributed by atoms with van der Waals surface area (Å²) >= 11 is 0. The zero-order valence-electron chi connectivity index (χ0n) is 15.3. The molecule has 0 bridgehead atoms. The van der Waals surface area contributed by atoms with Gasteiger partial charge >= 0.3 is 11.9 Å². The summed E-state index contributed by atoms with van der Waals surface area (Å²) in [5.74, 6) is -2.28. The molecule has 9 nitrogen and oxygen atoms in total. The van der Waals surface area contributed by atoms with Gasteiger partial charge in [0.2, 0.25) is 11.8 Å². The van der Waals surface area contributed by atoms with E-state index in [1.165, 1.54) is 0 Å². The molecule has 2 fully saturated rings. The summed E-state index contributed by atoms with van der Waals surface area (Å²) in [6.07, 6.45) is 2.62. The van der Waals surface area contributed by atoms with E-state index in [1.54, 1.807) is 4.90 Å². The van der Waals surface area contributed by atoms with E-state index in [-0.39, 0.29) is 18.4 Å². The standard InChI is InChI=1S/C13H23N3O2.C4H4O4/c1-11(2)14-6-8-15(9-7-14)13(18)10-16-5-3-4-12(16)17;5-3(6)1-2-4(7)8/h11H,3-10H2,1-2H3;1-2H,(H,5,6)(H,7,8)/b;2-1+. The Labute approximate surface area is 152 Å². The molecule has 9 heteroatoms. The maximum atomic E-state index is 12.1. The summed E-state index contributed by atoms with van der Waals surface area (Å²) in [5, 5.41) is 15.6. The average Bonchev–Trinajstić information content (AvgIpc) is 2.98. The third-order valence-electron chi connectivity index (χ3n) is 4.26. The SMILES string of the molecule is CC(C)N1CCN(C(=O)CN2CCCC2=O)CC1.O=C(O)/C=C/C(=O)O. The number of carbonyl (C=O) groups is 4. The highest BCUT2D eigenvalue weighted by atomic mass is 16.4. The maximum Gasteiger partial charge on any atom is 0.328 e. The highest BCUT2D eigenvalue weighted by molar-refractivity contribution is 5.89. The number of aliphatic carboxylic acids is 2. The second-order valence-corrected chi connectivity index (χ2v) is 6.44. The number of nitrogens with zero attached hydrogens (tertiary/aromatic N) is 3. The van der Waals surface area contributed by atoms with Crippen LogP contribution < -0.4 is 0 Å². The Balaban J connectivity index is 0.000000359. The van der Waals surface area contributed by atoms with Crippen molar-refractivity contribution >= 4 is 23.8 Å². The summed E-state index contributed by atoms with van der Waals surface area (Å²) < 4.78 is 0. The van der Waals surface area contributed by atoms with E-state index in [1.807, 2.05) is 4.90 Å². The van der Waals surface area contributed by atoms with Gasteiger partial charge in [0.25, 0.3) is 0 Å². The van der Waals surface area contributed by atoms with Gasteiger partial charge in [-0.1, -0.05) is 0 Å². The van der Waals surface area contributed by atoms with Crippen molar-refractivity contribution in [2.75, 3.05) is 39.3 Å². The van der Waals surface area contributed by atoms with Crippen molar-refractivity contribution in [2.24, 2.45) is 0 Å². The molecule has 0 spiro atoms. The first-order chi connectivity index (χ1) is 12.2. The monoisotopic (exact) mass is 369 g/mol. The molecule has 26 heavy (non-hydrogen) atoms. The van der Waals surface area contributed by atoms with Crippen LogP contribution in [0.1, 0.15) is 26.7 Å². The number of likely N-dealkylation sites (tertiary alicyclic amines) is 1. The molecule has 0 aromatic heterocycles. The number of carboxylic acids is 2. The number of carbonyl (C=O) groups excluding carboxylic acids is 2. The van der Waals surface area contributed by atoms with E-state index >= 15 is 0 Å². The van der Waals surface area contributed by atoms with Gasteiger partial charge in [-0.15, -0.1) is 0 Å². The van der Waals surface area contributed by atoms with Gasteiger partial charge in [-0.05, 0) is 20.3 Å². The fourth-order valence-corrected chi connectivity index (χ4v) is 2.76. The Morgan fingerprint density at radius 2 is 1.54 bits per heavy atom. The van der Waals surface area contributed by atoms with Gasteiger partial charge in [-0.2, -0.15) is 0 Å². The predicted octanol–water partition coefficient (Wildman–Crippen LogP) is -0.127. The number of carboxylic acid groups (broad SMARTS) is 2. The van der Waals surface area contributed by atoms with Crippen LogP contribution in [0.15, 0.2) is 12.2 Å². The van der Waals surface area contributed by atoms with E-state index in [0.29, 0.717) is 24.6 Å². The van der Waals surface area contributed by atoms with Gasteiger partial charge in [-0.3, -0.25) is 14.5 Å². The van der Waals surface area contributed by atoms with Crippen molar-refractivity contribution in [3.63, 3.8) is 0 Å². The molecule has 0 atom stereocenters. The van der Waals surface area contributed by atoms with Crippen molar-refractivity contribution < 1.29 is 29.4 Å². The van der Waals surface area contributed by atoms with Crippen LogP contribution in [0, 0.1) is 0 Å². The van der Waals surface area contributed by atoms with Crippen LogP contribution in [0.25, 0.3) is 0 Å². The highest BCUT2D eigenvalue weighted by Crippen LogP contribution is 2.11. The molecule has 0 aliphatic carbocycles. The first-order valence-corrected chi connectivity index (χ1v) is 8.64. The van der Waals surface area contributed by atoms with Crippen LogP contribution in [0.3, 0.4) is 0 Å². The summed E-state index contributed by atoms with van der Waals surface area (Å²) in [6.45, 7) is 8.85. The highest BCUT2D eigenvalue weighted by Gasteiger charge is 2.27. The number of rotatable bonds is 5. The van der Waals surface area contributed by atoms with E-state index in [9.17, 15) is 19.2 Å². The van der Waals surface area contributed by atoms with Crippen molar-refractivity contribution in [3.05, 3.63) is 12.2 Å². The van der Waals surface area contributed by atoms with Crippen LogP contribution in [-0.2, 0) is 19.2 Å². The second kappa shape index (κ2) is 10.5. The van der Waals surface area contributed by atoms with Crippen molar-refractivity contribution in [3.8, 4) is 0 Å². The summed E-state index contributed by atoms with van der Waals surface area (Å²) in [6, 6.07) is 0.544. The van der Waals surface area contributed by atoms with Crippen LogP contribution in [0.2, 0.25) is 0 Å². The third kappa shape index (κ3) is 7.64. The van der Waals surface area contributed by atoms with Crippen LogP contribution in [0.4, 0.5) is 0 Å². The summed E-state index contributed by atoms with van der Waals surface area (Å²) in [4.78, 5) is 48.6. The zero-order chi connectivity index (χ0) is 19.7. The van der Waals surface area contributed by atoms with Gasteiger partial charge < -0.3 is 20.0 Å².